The third-order valence-corrected chi connectivity index (χ3v) is 3.96. The second kappa shape index (κ2) is 8.05. The molecule has 3 rings (SSSR count). The molecule has 0 unspecified atom stereocenters. The van der Waals surface area contributed by atoms with Gasteiger partial charge in [0.05, 0.1) is 25.0 Å². The summed E-state index contributed by atoms with van der Waals surface area (Å²) in [6.07, 6.45) is 3.24. The number of rotatable bonds is 6. The van der Waals surface area contributed by atoms with E-state index in [-0.39, 0.29) is 18.0 Å². The first-order valence-corrected chi connectivity index (χ1v) is 8.63. The van der Waals surface area contributed by atoms with Crippen molar-refractivity contribution in [2.45, 2.75) is 13.5 Å². The number of aryl methyl sites for hydroxylation is 1. The van der Waals surface area contributed by atoms with Crippen LogP contribution in [0.25, 0.3) is 0 Å². The Morgan fingerprint density at radius 1 is 1.30 bits per heavy atom. The lowest BCUT2D eigenvalue weighted by Gasteiger charge is -2.02. The summed E-state index contributed by atoms with van der Waals surface area (Å²) in [7, 11) is 1.58. The van der Waals surface area contributed by atoms with Crippen LogP contribution < -0.4 is 5.32 Å². The van der Waals surface area contributed by atoms with Crippen molar-refractivity contribution < 1.29 is 14.3 Å². The molecule has 2 aromatic heterocycles. The minimum Gasteiger partial charge on any atom is -0.461 e. The van der Waals surface area contributed by atoms with Crippen LogP contribution in [-0.4, -0.2) is 38.0 Å². The lowest BCUT2D eigenvalue weighted by molar-refractivity contribution is 0.0513. The third-order valence-electron chi connectivity index (χ3n) is 3.72. The molecule has 0 atom stereocenters. The van der Waals surface area contributed by atoms with Crippen molar-refractivity contribution in [1.29, 1.82) is 0 Å². The Morgan fingerprint density at radius 2 is 2.11 bits per heavy atom. The number of benzene rings is 1. The summed E-state index contributed by atoms with van der Waals surface area (Å²) in [4.78, 5) is 24.2. The monoisotopic (exact) mass is 387 g/mol. The highest BCUT2D eigenvalue weighted by molar-refractivity contribution is 6.30. The smallest absolute Gasteiger partial charge is 0.356 e. The van der Waals surface area contributed by atoms with E-state index in [2.05, 4.69) is 15.5 Å². The molecule has 0 saturated carbocycles. The second-order valence-electron chi connectivity index (χ2n) is 5.77. The molecule has 1 amide bonds. The Balaban J connectivity index is 1.67. The average Bonchev–Trinajstić information content (AvgIpc) is 3.21. The molecular formula is C18H18ClN5O3. The summed E-state index contributed by atoms with van der Waals surface area (Å²) >= 11 is 5.98. The number of halogens is 1. The zero-order valence-electron chi connectivity index (χ0n) is 14.8. The maximum absolute atomic E-state index is 12.4. The average molecular weight is 388 g/mol. The largest absolute Gasteiger partial charge is 0.461 e. The molecule has 0 spiro atoms. The van der Waals surface area contributed by atoms with E-state index >= 15 is 0 Å². The van der Waals surface area contributed by atoms with Gasteiger partial charge in [-0.25, -0.2) is 4.79 Å². The van der Waals surface area contributed by atoms with Crippen LogP contribution in [0, 0.1) is 0 Å². The number of hydrogen-bond donors (Lipinski definition) is 1. The normalized spacial score (nSPS) is 10.6. The number of aromatic nitrogens is 4. The van der Waals surface area contributed by atoms with Gasteiger partial charge in [0, 0.05) is 24.3 Å². The lowest BCUT2D eigenvalue weighted by Crippen LogP contribution is -2.12. The zero-order chi connectivity index (χ0) is 19.4. The number of anilines is 1. The Morgan fingerprint density at radius 3 is 2.85 bits per heavy atom. The van der Waals surface area contributed by atoms with Crippen molar-refractivity contribution in [3.05, 3.63) is 64.7 Å². The highest BCUT2D eigenvalue weighted by Gasteiger charge is 2.18. The number of nitrogens with zero attached hydrogens (tertiary/aromatic N) is 4. The molecule has 0 aliphatic heterocycles. The second-order valence-corrected chi connectivity index (χ2v) is 6.21. The Bertz CT molecular complexity index is 979. The highest BCUT2D eigenvalue weighted by atomic mass is 35.5. The summed E-state index contributed by atoms with van der Waals surface area (Å²) < 4.78 is 7.93. The number of nitrogens with one attached hydrogen (secondary N) is 1. The Hall–Kier alpha value is -3.13. The van der Waals surface area contributed by atoms with Crippen LogP contribution in [0.5, 0.6) is 0 Å². The number of amides is 1. The fraction of sp³-hybridized carbons (Fsp3) is 0.222. The van der Waals surface area contributed by atoms with Gasteiger partial charge in [-0.1, -0.05) is 23.7 Å². The minimum absolute atomic E-state index is 0.114. The van der Waals surface area contributed by atoms with Crippen LogP contribution in [0.3, 0.4) is 0 Å². The molecular weight excluding hydrogens is 370 g/mol. The van der Waals surface area contributed by atoms with E-state index < -0.39 is 11.9 Å². The lowest BCUT2D eigenvalue weighted by atomic mass is 10.2. The molecule has 3 aromatic rings. The van der Waals surface area contributed by atoms with E-state index in [9.17, 15) is 9.59 Å². The molecule has 0 radical (unpaired) electrons. The van der Waals surface area contributed by atoms with Crippen LogP contribution in [0.15, 0.2) is 42.7 Å². The predicted octanol–water partition coefficient (Wildman–Crippen LogP) is 2.75. The maximum Gasteiger partial charge on any atom is 0.356 e. The molecule has 8 nitrogen and oxygen atoms in total. The molecule has 1 aromatic carbocycles. The predicted molar refractivity (Wildman–Crippen MR) is 99.9 cm³/mol. The SMILES string of the molecule is CCOC(=O)c1cc(C(=O)Nc2cnn(Cc3cccc(Cl)c3)c2)nn1C. The summed E-state index contributed by atoms with van der Waals surface area (Å²) in [5.74, 6) is -0.968. The van der Waals surface area contributed by atoms with Crippen molar-refractivity contribution in [3.8, 4) is 0 Å². The van der Waals surface area contributed by atoms with Crippen molar-refractivity contribution in [2.24, 2.45) is 7.05 Å². The van der Waals surface area contributed by atoms with Crippen molar-refractivity contribution in [2.75, 3.05) is 11.9 Å². The minimum atomic E-state index is -0.527. The van der Waals surface area contributed by atoms with E-state index in [0.29, 0.717) is 17.3 Å². The molecule has 27 heavy (non-hydrogen) atoms. The van der Waals surface area contributed by atoms with Gasteiger partial charge in [-0.2, -0.15) is 10.2 Å². The van der Waals surface area contributed by atoms with E-state index in [1.54, 1.807) is 30.9 Å². The summed E-state index contributed by atoms with van der Waals surface area (Å²) in [6, 6.07) is 8.86. The van der Waals surface area contributed by atoms with Crippen LogP contribution in [-0.2, 0) is 18.3 Å². The van der Waals surface area contributed by atoms with Crippen LogP contribution in [0.2, 0.25) is 5.02 Å². The Kier molecular flexibility index (Phi) is 5.56. The number of carbonyl (C=O) groups excluding carboxylic acids is 2. The van der Waals surface area contributed by atoms with Gasteiger partial charge in [-0.15, -0.1) is 0 Å². The molecule has 0 fully saturated rings. The van der Waals surface area contributed by atoms with Gasteiger partial charge >= 0.3 is 5.97 Å². The molecule has 0 saturated heterocycles. The fourth-order valence-corrected chi connectivity index (χ4v) is 2.72. The topological polar surface area (TPSA) is 91.0 Å². The van der Waals surface area contributed by atoms with Crippen LogP contribution in [0.1, 0.15) is 33.5 Å². The van der Waals surface area contributed by atoms with E-state index in [4.69, 9.17) is 16.3 Å². The number of carbonyl (C=O) groups is 2. The third kappa shape index (κ3) is 4.53. The van der Waals surface area contributed by atoms with E-state index in [1.807, 2.05) is 18.2 Å². The first-order valence-electron chi connectivity index (χ1n) is 8.25. The quantitative estimate of drug-likeness (QED) is 0.657. The van der Waals surface area contributed by atoms with Gasteiger partial charge in [-0.05, 0) is 24.6 Å². The van der Waals surface area contributed by atoms with Gasteiger partial charge in [0.1, 0.15) is 5.69 Å². The molecule has 1 N–H and O–H groups in total. The van der Waals surface area contributed by atoms with Gasteiger partial charge in [0.15, 0.2) is 5.69 Å². The van der Waals surface area contributed by atoms with Gasteiger partial charge in [0.25, 0.3) is 5.91 Å². The van der Waals surface area contributed by atoms with E-state index in [0.717, 1.165) is 5.56 Å². The number of ether oxygens (including phenoxy) is 1. The molecule has 140 valence electrons. The Labute approximate surface area is 160 Å². The standard InChI is InChI=1S/C18H18ClN5O3/c1-3-27-18(26)16-8-15(22-23(16)2)17(25)21-14-9-20-24(11-14)10-12-5-4-6-13(19)7-12/h4-9,11H,3,10H2,1-2H3,(H,21,25). The molecule has 2 heterocycles. The first-order chi connectivity index (χ1) is 13.0. The van der Waals surface area contributed by atoms with Gasteiger partial charge in [-0.3, -0.25) is 14.2 Å². The number of esters is 1. The van der Waals surface area contributed by atoms with E-state index in [1.165, 1.54) is 16.9 Å². The van der Waals surface area contributed by atoms with Crippen molar-refractivity contribution >= 4 is 29.2 Å². The molecule has 0 aliphatic rings. The van der Waals surface area contributed by atoms with Gasteiger partial charge < -0.3 is 10.1 Å². The fourth-order valence-electron chi connectivity index (χ4n) is 2.51. The highest BCUT2D eigenvalue weighted by Crippen LogP contribution is 2.14. The van der Waals surface area contributed by atoms with Crippen molar-refractivity contribution in [3.63, 3.8) is 0 Å². The summed E-state index contributed by atoms with van der Waals surface area (Å²) in [5, 5.41) is 11.6. The summed E-state index contributed by atoms with van der Waals surface area (Å²) in [5.41, 5.74) is 1.83. The number of hydrogen-bond acceptors (Lipinski definition) is 5. The van der Waals surface area contributed by atoms with Crippen LogP contribution in [0.4, 0.5) is 5.69 Å². The first kappa shape index (κ1) is 18.7. The molecule has 9 heteroatoms. The maximum atomic E-state index is 12.4. The van der Waals surface area contributed by atoms with Crippen molar-refractivity contribution in [1.82, 2.24) is 19.6 Å². The molecule has 0 bridgehead atoms. The van der Waals surface area contributed by atoms with Crippen LogP contribution >= 0.6 is 11.6 Å². The van der Waals surface area contributed by atoms with Gasteiger partial charge in [0.2, 0.25) is 0 Å². The zero-order valence-corrected chi connectivity index (χ0v) is 15.6. The summed E-state index contributed by atoms with van der Waals surface area (Å²) in [6.45, 7) is 2.48. The molecule has 0 aliphatic carbocycles.